The highest BCUT2D eigenvalue weighted by Crippen LogP contribution is 2.38. The van der Waals surface area contributed by atoms with E-state index in [0.29, 0.717) is 12.1 Å². The standard InChI is InChI=1S/C23H31N3O5/c1-14(2)17-10-5-6-11-18(17)24-20(28)16(4)31-19(27)13-26-21(29)23(25-22(26)30)12-8-7-9-15(23)3/h5-6,10-11,14-16H,7-9,12-13H2,1-4H3,(H,24,28)(H,25,30)/t15-,16-,23-/m0/s1. The van der Waals surface area contributed by atoms with Gasteiger partial charge in [-0.1, -0.05) is 51.8 Å². The highest BCUT2D eigenvalue weighted by atomic mass is 16.5. The summed E-state index contributed by atoms with van der Waals surface area (Å²) in [7, 11) is 0. The molecule has 0 bridgehead atoms. The van der Waals surface area contributed by atoms with Crippen LogP contribution in [0.3, 0.4) is 0 Å². The second-order valence-corrected chi connectivity index (χ2v) is 8.80. The molecule has 1 aliphatic heterocycles. The molecule has 1 saturated heterocycles. The zero-order valence-corrected chi connectivity index (χ0v) is 18.6. The zero-order valence-electron chi connectivity index (χ0n) is 18.6. The Kier molecular flexibility index (Phi) is 6.67. The van der Waals surface area contributed by atoms with E-state index in [2.05, 4.69) is 10.6 Å². The van der Waals surface area contributed by atoms with Crippen molar-refractivity contribution >= 4 is 29.5 Å². The molecular formula is C23H31N3O5. The van der Waals surface area contributed by atoms with Crippen molar-refractivity contribution in [3.63, 3.8) is 0 Å². The van der Waals surface area contributed by atoms with Gasteiger partial charge in [0.2, 0.25) is 0 Å². The first-order valence-corrected chi connectivity index (χ1v) is 10.9. The number of urea groups is 1. The Bertz CT molecular complexity index is 884. The Labute approximate surface area is 182 Å². The molecule has 8 nitrogen and oxygen atoms in total. The minimum Gasteiger partial charge on any atom is -0.451 e. The summed E-state index contributed by atoms with van der Waals surface area (Å²) in [5.41, 5.74) is 0.701. The molecule has 168 valence electrons. The van der Waals surface area contributed by atoms with Crippen molar-refractivity contribution in [2.24, 2.45) is 5.92 Å². The number of carbonyl (C=O) groups excluding carboxylic acids is 4. The molecule has 3 rings (SSSR count). The Hall–Kier alpha value is -2.90. The summed E-state index contributed by atoms with van der Waals surface area (Å²) in [5, 5.41) is 5.58. The normalized spacial score (nSPS) is 24.3. The fraction of sp³-hybridized carbons (Fsp3) is 0.565. The number of imide groups is 1. The third-order valence-corrected chi connectivity index (χ3v) is 6.31. The van der Waals surface area contributed by atoms with Crippen LogP contribution in [0, 0.1) is 5.92 Å². The topological polar surface area (TPSA) is 105 Å². The highest BCUT2D eigenvalue weighted by Gasteiger charge is 2.55. The van der Waals surface area contributed by atoms with Crippen molar-refractivity contribution in [1.29, 1.82) is 0 Å². The average Bonchev–Trinajstić information content (AvgIpc) is 2.95. The summed E-state index contributed by atoms with van der Waals surface area (Å²) < 4.78 is 5.22. The van der Waals surface area contributed by atoms with E-state index in [4.69, 9.17) is 4.74 Å². The number of ether oxygens (including phenoxy) is 1. The monoisotopic (exact) mass is 429 g/mol. The Morgan fingerprint density at radius 1 is 1.23 bits per heavy atom. The predicted octanol–water partition coefficient (Wildman–Crippen LogP) is 3.18. The van der Waals surface area contributed by atoms with Gasteiger partial charge in [0.15, 0.2) is 6.10 Å². The van der Waals surface area contributed by atoms with Crippen LogP contribution in [-0.4, -0.2) is 46.9 Å². The van der Waals surface area contributed by atoms with Gasteiger partial charge in [0.25, 0.3) is 11.8 Å². The molecule has 1 saturated carbocycles. The molecule has 1 aromatic carbocycles. The van der Waals surface area contributed by atoms with Crippen molar-refractivity contribution in [1.82, 2.24) is 10.2 Å². The molecule has 2 aliphatic rings. The zero-order chi connectivity index (χ0) is 22.8. The van der Waals surface area contributed by atoms with Crippen molar-refractivity contribution in [2.45, 2.75) is 70.9 Å². The van der Waals surface area contributed by atoms with Crippen molar-refractivity contribution in [2.75, 3.05) is 11.9 Å². The number of nitrogens with one attached hydrogen (secondary N) is 2. The molecule has 1 heterocycles. The lowest BCUT2D eigenvalue weighted by molar-refractivity contribution is -0.155. The maximum absolute atomic E-state index is 13.0. The van der Waals surface area contributed by atoms with Crippen LogP contribution in [0.1, 0.15) is 64.9 Å². The fourth-order valence-corrected chi connectivity index (χ4v) is 4.40. The van der Waals surface area contributed by atoms with Crippen molar-refractivity contribution in [3.05, 3.63) is 29.8 Å². The van der Waals surface area contributed by atoms with E-state index in [1.165, 1.54) is 6.92 Å². The van der Waals surface area contributed by atoms with Gasteiger partial charge in [0, 0.05) is 5.69 Å². The summed E-state index contributed by atoms with van der Waals surface area (Å²) in [5.74, 6) is -1.45. The largest absolute Gasteiger partial charge is 0.451 e. The van der Waals surface area contributed by atoms with Crippen LogP contribution in [0.4, 0.5) is 10.5 Å². The van der Waals surface area contributed by atoms with Gasteiger partial charge in [-0.15, -0.1) is 0 Å². The highest BCUT2D eigenvalue weighted by molar-refractivity contribution is 6.09. The number of amides is 4. The molecule has 8 heteroatoms. The summed E-state index contributed by atoms with van der Waals surface area (Å²) >= 11 is 0. The van der Waals surface area contributed by atoms with Crippen LogP contribution in [0.25, 0.3) is 0 Å². The summed E-state index contributed by atoms with van der Waals surface area (Å²) in [6, 6.07) is 6.85. The molecule has 0 radical (unpaired) electrons. The molecule has 2 N–H and O–H groups in total. The van der Waals surface area contributed by atoms with Gasteiger partial charge in [-0.05, 0) is 43.2 Å². The first-order valence-electron chi connectivity index (χ1n) is 10.9. The fourth-order valence-electron chi connectivity index (χ4n) is 4.40. The summed E-state index contributed by atoms with van der Waals surface area (Å²) in [4.78, 5) is 51.2. The number of para-hydroxylation sites is 1. The molecule has 1 aliphatic carbocycles. The van der Waals surface area contributed by atoms with E-state index in [1.54, 1.807) is 6.07 Å². The van der Waals surface area contributed by atoms with Gasteiger partial charge in [-0.25, -0.2) is 4.79 Å². The first kappa shape index (κ1) is 22.8. The second-order valence-electron chi connectivity index (χ2n) is 8.80. The van der Waals surface area contributed by atoms with Gasteiger partial charge in [0.1, 0.15) is 12.1 Å². The van der Waals surface area contributed by atoms with Gasteiger partial charge in [-0.3, -0.25) is 19.3 Å². The quantitative estimate of drug-likeness (QED) is 0.534. The lowest BCUT2D eigenvalue weighted by atomic mass is 9.73. The predicted molar refractivity (Wildman–Crippen MR) is 115 cm³/mol. The molecule has 2 fully saturated rings. The molecule has 1 spiro atoms. The van der Waals surface area contributed by atoms with E-state index in [-0.39, 0.29) is 17.7 Å². The van der Waals surface area contributed by atoms with Gasteiger partial charge in [-0.2, -0.15) is 0 Å². The number of anilines is 1. The Morgan fingerprint density at radius 2 is 1.94 bits per heavy atom. The molecule has 31 heavy (non-hydrogen) atoms. The lowest BCUT2D eigenvalue weighted by Gasteiger charge is -2.36. The van der Waals surface area contributed by atoms with E-state index in [0.717, 1.165) is 29.7 Å². The van der Waals surface area contributed by atoms with Crippen molar-refractivity contribution in [3.8, 4) is 0 Å². The third kappa shape index (κ3) is 4.57. The summed E-state index contributed by atoms with van der Waals surface area (Å²) in [6.07, 6.45) is 2.21. The van der Waals surface area contributed by atoms with Crippen LogP contribution < -0.4 is 10.6 Å². The molecule has 4 amide bonds. The van der Waals surface area contributed by atoms with E-state index in [1.807, 2.05) is 39.0 Å². The van der Waals surface area contributed by atoms with Crippen LogP contribution in [0.2, 0.25) is 0 Å². The van der Waals surface area contributed by atoms with Crippen LogP contribution >= 0.6 is 0 Å². The van der Waals surface area contributed by atoms with E-state index in [9.17, 15) is 19.2 Å². The van der Waals surface area contributed by atoms with Crippen LogP contribution in [0.15, 0.2) is 24.3 Å². The minimum absolute atomic E-state index is 0.00412. The number of hydrogen-bond acceptors (Lipinski definition) is 5. The lowest BCUT2D eigenvalue weighted by Crippen LogP contribution is -2.54. The molecule has 3 atom stereocenters. The van der Waals surface area contributed by atoms with Gasteiger partial charge >= 0.3 is 12.0 Å². The maximum atomic E-state index is 13.0. The number of nitrogens with zero attached hydrogens (tertiary/aromatic N) is 1. The number of esters is 1. The van der Waals surface area contributed by atoms with E-state index >= 15 is 0 Å². The summed E-state index contributed by atoms with van der Waals surface area (Å²) in [6.45, 7) is 6.93. The smallest absolute Gasteiger partial charge is 0.327 e. The Balaban J connectivity index is 1.60. The second kappa shape index (κ2) is 9.08. The number of carbonyl (C=O) groups is 4. The number of hydrogen-bond donors (Lipinski definition) is 2. The number of benzene rings is 1. The van der Waals surface area contributed by atoms with E-state index < -0.39 is 36.1 Å². The first-order chi connectivity index (χ1) is 14.7. The Morgan fingerprint density at radius 3 is 2.61 bits per heavy atom. The van der Waals surface area contributed by atoms with Crippen LogP contribution in [-0.2, 0) is 19.1 Å². The number of rotatable bonds is 6. The third-order valence-electron chi connectivity index (χ3n) is 6.31. The SMILES string of the molecule is CC(C)c1ccccc1NC(=O)[C@H](C)OC(=O)CN1C(=O)N[C@]2(CCCC[C@@H]2C)C1=O. The molecule has 0 aromatic heterocycles. The molecule has 0 unspecified atom stereocenters. The average molecular weight is 430 g/mol. The molecule has 1 aromatic rings. The molecular weight excluding hydrogens is 398 g/mol. The van der Waals surface area contributed by atoms with Gasteiger partial charge in [0.05, 0.1) is 0 Å². The minimum atomic E-state index is -1.07. The van der Waals surface area contributed by atoms with Crippen molar-refractivity contribution < 1.29 is 23.9 Å². The maximum Gasteiger partial charge on any atom is 0.327 e. The van der Waals surface area contributed by atoms with Gasteiger partial charge < -0.3 is 15.4 Å². The van der Waals surface area contributed by atoms with Crippen LogP contribution in [0.5, 0.6) is 0 Å².